The van der Waals surface area contributed by atoms with Crippen LogP contribution in [0.15, 0.2) is 9.95 Å². The minimum Gasteiger partial charge on any atom is -0.468 e. The molecule has 0 spiro atoms. The first-order valence-corrected chi connectivity index (χ1v) is 8.13. The van der Waals surface area contributed by atoms with E-state index in [2.05, 4.69) is 9.72 Å². The molecule has 0 N–H and O–H groups in total. The number of ether oxygens (including phenoxy) is 1. The van der Waals surface area contributed by atoms with Crippen molar-refractivity contribution in [2.24, 2.45) is 7.05 Å². The SMILES string of the molecule is COC(=O)CSc1nc2sc3c(c2c(=O)n1C)CCC3. The molecule has 106 valence electrons. The second-order valence-electron chi connectivity index (χ2n) is 4.66. The Morgan fingerprint density at radius 1 is 1.50 bits per heavy atom. The summed E-state index contributed by atoms with van der Waals surface area (Å²) in [4.78, 5) is 30.3. The quantitative estimate of drug-likeness (QED) is 0.491. The Balaban J connectivity index is 2.05. The van der Waals surface area contributed by atoms with Gasteiger partial charge in [0, 0.05) is 11.9 Å². The lowest BCUT2D eigenvalue weighted by atomic mass is 10.2. The molecule has 2 aromatic heterocycles. The number of carbonyl (C=O) groups is 1. The highest BCUT2D eigenvalue weighted by Crippen LogP contribution is 2.35. The summed E-state index contributed by atoms with van der Waals surface area (Å²) >= 11 is 2.84. The fourth-order valence-electron chi connectivity index (χ4n) is 2.42. The molecule has 0 radical (unpaired) electrons. The maximum absolute atomic E-state index is 12.5. The second kappa shape index (κ2) is 5.21. The molecule has 0 saturated heterocycles. The van der Waals surface area contributed by atoms with Crippen LogP contribution >= 0.6 is 23.1 Å². The normalized spacial score (nSPS) is 13.7. The fourth-order valence-corrected chi connectivity index (χ4v) is 4.52. The first kappa shape index (κ1) is 13.6. The molecule has 0 aromatic carbocycles. The number of thiophene rings is 1. The average Bonchev–Trinajstić information content (AvgIpc) is 3.00. The number of fused-ring (bicyclic) bond motifs is 3. The van der Waals surface area contributed by atoms with Gasteiger partial charge in [0.2, 0.25) is 0 Å². The van der Waals surface area contributed by atoms with Crippen molar-refractivity contribution < 1.29 is 9.53 Å². The summed E-state index contributed by atoms with van der Waals surface area (Å²) in [6.07, 6.45) is 3.14. The molecule has 3 rings (SSSR count). The van der Waals surface area contributed by atoms with Gasteiger partial charge in [0.25, 0.3) is 5.56 Å². The first-order valence-electron chi connectivity index (χ1n) is 6.32. The summed E-state index contributed by atoms with van der Waals surface area (Å²) in [5.41, 5.74) is 1.17. The Hall–Kier alpha value is -1.34. The maximum atomic E-state index is 12.5. The molecule has 2 heterocycles. The van der Waals surface area contributed by atoms with E-state index in [1.807, 2.05) is 0 Å². The topological polar surface area (TPSA) is 61.2 Å². The Bertz CT molecular complexity index is 748. The molecule has 0 bridgehead atoms. The first-order chi connectivity index (χ1) is 9.61. The molecular formula is C13H14N2O3S2. The van der Waals surface area contributed by atoms with Crippen LogP contribution in [0, 0.1) is 0 Å². The Labute approximate surface area is 124 Å². The summed E-state index contributed by atoms with van der Waals surface area (Å²) in [5.74, 6) is -0.161. The van der Waals surface area contributed by atoms with E-state index in [0.29, 0.717) is 5.16 Å². The van der Waals surface area contributed by atoms with Crippen molar-refractivity contribution in [3.05, 3.63) is 20.8 Å². The fraction of sp³-hybridized carbons (Fsp3) is 0.462. The largest absolute Gasteiger partial charge is 0.468 e. The van der Waals surface area contributed by atoms with E-state index < -0.39 is 0 Å². The number of carbonyl (C=O) groups excluding carboxylic acids is 1. The van der Waals surface area contributed by atoms with E-state index >= 15 is 0 Å². The number of esters is 1. The van der Waals surface area contributed by atoms with Gasteiger partial charge in [0.05, 0.1) is 18.2 Å². The van der Waals surface area contributed by atoms with Gasteiger partial charge in [0.1, 0.15) is 4.83 Å². The third-order valence-electron chi connectivity index (χ3n) is 3.45. The summed E-state index contributed by atoms with van der Waals surface area (Å²) in [6, 6.07) is 0. The zero-order chi connectivity index (χ0) is 14.3. The van der Waals surface area contributed by atoms with Gasteiger partial charge < -0.3 is 4.74 Å². The van der Waals surface area contributed by atoms with Gasteiger partial charge in [0.15, 0.2) is 5.16 Å². The van der Waals surface area contributed by atoms with Crippen LogP contribution in [-0.2, 0) is 29.4 Å². The highest BCUT2D eigenvalue weighted by Gasteiger charge is 2.22. The van der Waals surface area contributed by atoms with Crippen LogP contribution in [0.4, 0.5) is 0 Å². The molecule has 5 nitrogen and oxygen atoms in total. The Kier molecular flexibility index (Phi) is 3.55. The van der Waals surface area contributed by atoms with Crippen molar-refractivity contribution in [1.29, 1.82) is 0 Å². The van der Waals surface area contributed by atoms with E-state index in [1.165, 1.54) is 33.9 Å². The molecule has 2 aromatic rings. The molecule has 0 atom stereocenters. The van der Waals surface area contributed by atoms with Crippen LogP contribution < -0.4 is 5.56 Å². The number of thioether (sulfide) groups is 1. The number of aryl methyl sites for hydroxylation is 2. The standard InChI is InChI=1S/C13H14N2O3S2/c1-15-12(17)10-7-4-3-5-8(7)20-11(10)14-13(15)19-6-9(16)18-2/h3-6H2,1-2H3. The van der Waals surface area contributed by atoms with Gasteiger partial charge in [-0.1, -0.05) is 11.8 Å². The summed E-state index contributed by atoms with van der Waals surface area (Å²) in [5, 5.41) is 1.33. The monoisotopic (exact) mass is 310 g/mol. The van der Waals surface area contributed by atoms with E-state index in [4.69, 9.17) is 0 Å². The third kappa shape index (κ3) is 2.14. The molecule has 20 heavy (non-hydrogen) atoms. The minimum atomic E-state index is -0.321. The van der Waals surface area contributed by atoms with Gasteiger partial charge in [-0.2, -0.15) is 0 Å². The van der Waals surface area contributed by atoms with Crippen LogP contribution in [0.1, 0.15) is 16.9 Å². The molecule has 0 fully saturated rings. The summed E-state index contributed by atoms with van der Waals surface area (Å²) in [6.45, 7) is 0. The summed E-state index contributed by atoms with van der Waals surface area (Å²) < 4.78 is 6.14. The van der Waals surface area contributed by atoms with Crippen molar-refractivity contribution in [2.75, 3.05) is 12.9 Å². The number of methoxy groups -OCH3 is 1. The highest BCUT2D eigenvalue weighted by atomic mass is 32.2. The molecular weight excluding hydrogens is 296 g/mol. The number of nitrogens with zero attached hydrogens (tertiary/aromatic N) is 2. The molecule has 7 heteroatoms. The van der Waals surface area contributed by atoms with Gasteiger partial charge in [-0.05, 0) is 24.8 Å². The van der Waals surface area contributed by atoms with Crippen LogP contribution in [0.2, 0.25) is 0 Å². The molecule has 1 aliphatic rings. The van der Waals surface area contributed by atoms with Gasteiger partial charge in [-0.15, -0.1) is 11.3 Å². The number of aromatic nitrogens is 2. The molecule has 0 aliphatic heterocycles. The lowest BCUT2D eigenvalue weighted by Gasteiger charge is -2.06. The Morgan fingerprint density at radius 3 is 3.05 bits per heavy atom. The predicted molar refractivity (Wildman–Crippen MR) is 79.6 cm³/mol. The van der Waals surface area contributed by atoms with E-state index in [-0.39, 0.29) is 17.3 Å². The smallest absolute Gasteiger partial charge is 0.316 e. The van der Waals surface area contributed by atoms with Crippen molar-refractivity contribution in [2.45, 2.75) is 24.4 Å². The lowest BCUT2D eigenvalue weighted by molar-refractivity contribution is -0.137. The van der Waals surface area contributed by atoms with E-state index in [9.17, 15) is 9.59 Å². The lowest BCUT2D eigenvalue weighted by Crippen LogP contribution is -2.20. The number of hydrogen-bond acceptors (Lipinski definition) is 6. The average molecular weight is 310 g/mol. The van der Waals surface area contributed by atoms with Crippen molar-refractivity contribution in [3.63, 3.8) is 0 Å². The molecule has 1 aliphatic carbocycles. The van der Waals surface area contributed by atoms with Crippen LogP contribution in [0.3, 0.4) is 0 Å². The molecule has 0 amide bonds. The predicted octanol–water partition coefficient (Wildman–Crippen LogP) is 1.75. The van der Waals surface area contributed by atoms with Crippen LogP contribution in [0.25, 0.3) is 10.2 Å². The van der Waals surface area contributed by atoms with E-state index in [0.717, 1.165) is 29.5 Å². The number of hydrogen-bond donors (Lipinski definition) is 0. The maximum Gasteiger partial charge on any atom is 0.316 e. The van der Waals surface area contributed by atoms with Gasteiger partial charge >= 0.3 is 5.97 Å². The van der Waals surface area contributed by atoms with Crippen LogP contribution in [0.5, 0.6) is 0 Å². The minimum absolute atomic E-state index is 0.0123. The summed E-state index contributed by atoms with van der Waals surface area (Å²) in [7, 11) is 3.05. The van der Waals surface area contributed by atoms with Crippen molar-refractivity contribution >= 4 is 39.3 Å². The third-order valence-corrected chi connectivity index (χ3v) is 5.64. The van der Waals surface area contributed by atoms with Crippen molar-refractivity contribution in [1.82, 2.24) is 9.55 Å². The zero-order valence-corrected chi connectivity index (χ0v) is 12.9. The van der Waals surface area contributed by atoms with Crippen molar-refractivity contribution in [3.8, 4) is 0 Å². The van der Waals surface area contributed by atoms with Gasteiger partial charge in [-0.25, -0.2) is 4.98 Å². The van der Waals surface area contributed by atoms with Crippen LogP contribution in [-0.4, -0.2) is 28.4 Å². The van der Waals surface area contributed by atoms with Gasteiger partial charge in [-0.3, -0.25) is 14.2 Å². The highest BCUT2D eigenvalue weighted by molar-refractivity contribution is 7.99. The Morgan fingerprint density at radius 2 is 2.30 bits per heavy atom. The van der Waals surface area contributed by atoms with E-state index in [1.54, 1.807) is 18.4 Å². The number of rotatable bonds is 3. The zero-order valence-electron chi connectivity index (χ0n) is 11.3. The second-order valence-corrected chi connectivity index (χ2v) is 6.69. The molecule has 0 unspecified atom stereocenters. The molecule has 0 saturated carbocycles.